The maximum atomic E-state index is 13.6. The number of hydrogen-bond donors (Lipinski definition) is 1. The summed E-state index contributed by atoms with van der Waals surface area (Å²) in [5.74, 6) is -0.689. The molecular weight excluding hydrogens is 409 g/mol. The summed E-state index contributed by atoms with van der Waals surface area (Å²) >= 11 is 0. The fourth-order valence-electron chi connectivity index (χ4n) is 4.67. The van der Waals surface area contributed by atoms with Crippen molar-refractivity contribution in [1.82, 2.24) is 4.90 Å². The van der Waals surface area contributed by atoms with Gasteiger partial charge in [0.1, 0.15) is 11.5 Å². The molecule has 6 nitrogen and oxygen atoms in total. The maximum Gasteiger partial charge on any atom is 0.282 e. The summed E-state index contributed by atoms with van der Waals surface area (Å²) in [6.07, 6.45) is 1.06. The van der Waals surface area contributed by atoms with E-state index in [4.69, 9.17) is 0 Å². The molecule has 2 atom stereocenters. The van der Waals surface area contributed by atoms with Gasteiger partial charge in [-0.05, 0) is 60.2 Å². The van der Waals surface area contributed by atoms with Crippen LogP contribution in [0.25, 0.3) is 5.57 Å². The third-order valence-corrected chi connectivity index (χ3v) is 5.82. The lowest BCUT2D eigenvalue weighted by Gasteiger charge is -2.37. The molecule has 7 heteroatoms. The number of nitrogens with zero attached hydrogens (tertiary/aromatic N) is 2. The Kier molecular flexibility index (Phi) is 5.82. The normalized spacial score (nSPS) is 21.4. The molecule has 2 unspecified atom stereocenters. The van der Waals surface area contributed by atoms with Gasteiger partial charge in [0.05, 0.1) is 11.3 Å². The second-order valence-corrected chi connectivity index (χ2v) is 8.76. The molecule has 0 saturated carbocycles. The Balaban J connectivity index is 1.79. The Morgan fingerprint density at radius 2 is 1.53 bits per heavy atom. The van der Waals surface area contributed by atoms with Crippen molar-refractivity contribution in [3.8, 4) is 0 Å². The van der Waals surface area contributed by atoms with Crippen LogP contribution in [-0.2, 0) is 14.4 Å². The van der Waals surface area contributed by atoms with E-state index >= 15 is 0 Å². The average Bonchev–Trinajstić information content (AvgIpc) is 2.98. The van der Waals surface area contributed by atoms with Gasteiger partial charge in [0.25, 0.3) is 11.8 Å². The van der Waals surface area contributed by atoms with Crippen molar-refractivity contribution in [1.29, 1.82) is 0 Å². The smallest absolute Gasteiger partial charge is 0.282 e. The van der Waals surface area contributed by atoms with E-state index in [2.05, 4.69) is 19.2 Å². The molecule has 1 N–H and O–H groups in total. The highest BCUT2D eigenvalue weighted by Crippen LogP contribution is 2.37. The minimum absolute atomic E-state index is 0.191. The van der Waals surface area contributed by atoms with Gasteiger partial charge >= 0.3 is 0 Å². The molecule has 3 amide bonds. The van der Waals surface area contributed by atoms with Gasteiger partial charge in [-0.25, -0.2) is 9.29 Å². The quantitative estimate of drug-likeness (QED) is 0.736. The topological polar surface area (TPSA) is 69.7 Å². The van der Waals surface area contributed by atoms with Crippen LogP contribution in [0.1, 0.15) is 32.8 Å². The van der Waals surface area contributed by atoms with Crippen LogP contribution in [0.4, 0.5) is 15.8 Å². The van der Waals surface area contributed by atoms with Crippen molar-refractivity contribution in [2.75, 3.05) is 23.3 Å². The van der Waals surface area contributed by atoms with Crippen LogP contribution in [0.5, 0.6) is 0 Å². The van der Waals surface area contributed by atoms with E-state index in [9.17, 15) is 18.8 Å². The van der Waals surface area contributed by atoms with Crippen LogP contribution < -0.4 is 10.2 Å². The van der Waals surface area contributed by atoms with Gasteiger partial charge in [-0.1, -0.05) is 26.0 Å². The second-order valence-electron chi connectivity index (χ2n) is 8.76. The van der Waals surface area contributed by atoms with Gasteiger partial charge in [-0.3, -0.25) is 14.4 Å². The largest absolute Gasteiger partial charge is 0.366 e. The Bertz CT molecular complexity index is 1080. The SMILES string of the molecule is CC(=O)Nc1ccc(C2=C(N3CC(C)CC(C)C3)C(=O)N(c3ccc(F)cc3)C2=O)cc1. The van der Waals surface area contributed by atoms with Crippen LogP contribution in [0.15, 0.2) is 54.2 Å². The van der Waals surface area contributed by atoms with Crippen molar-refractivity contribution in [3.05, 3.63) is 65.6 Å². The summed E-state index contributed by atoms with van der Waals surface area (Å²) < 4.78 is 13.5. The minimum atomic E-state index is -0.437. The standard InChI is InChI=1S/C25H26FN3O3/c1-15-12-16(2)14-28(13-15)23-22(18-4-8-20(9-5-18)27-17(3)30)24(31)29(25(23)32)21-10-6-19(26)7-11-21/h4-11,15-16H,12-14H2,1-3H3,(H,27,30). The predicted octanol–water partition coefficient (Wildman–Crippen LogP) is 4.05. The zero-order valence-electron chi connectivity index (χ0n) is 18.4. The average molecular weight is 435 g/mol. The van der Waals surface area contributed by atoms with Gasteiger partial charge in [0.15, 0.2) is 0 Å². The lowest BCUT2D eigenvalue weighted by Crippen LogP contribution is -2.42. The third kappa shape index (κ3) is 4.15. The summed E-state index contributed by atoms with van der Waals surface area (Å²) in [6.45, 7) is 7.08. The van der Waals surface area contributed by atoms with E-state index < -0.39 is 17.6 Å². The van der Waals surface area contributed by atoms with Crippen molar-refractivity contribution >= 4 is 34.7 Å². The number of halogens is 1. The molecule has 32 heavy (non-hydrogen) atoms. The molecule has 2 aromatic rings. The number of piperidine rings is 1. The van der Waals surface area contributed by atoms with Gasteiger partial charge in [0, 0.05) is 25.7 Å². The van der Waals surface area contributed by atoms with E-state index in [1.807, 2.05) is 4.90 Å². The summed E-state index contributed by atoms with van der Waals surface area (Å²) in [5.41, 5.74) is 2.25. The molecule has 2 aliphatic rings. The summed E-state index contributed by atoms with van der Waals surface area (Å²) in [6, 6.07) is 12.2. The van der Waals surface area contributed by atoms with E-state index in [1.54, 1.807) is 24.3 Å². The first-order valence-electron chi connectivity index (χ1n) is 10.8. The van der Waals surface area contributed by atoms with Crippen molar-refractivity contribution in [2.24, 2.45) is 11.8 Å². The van der Waals surface area contributed by atoms with Crippen LogP contribution >= 0.6 is 0 Å². The fraction of sp³-hybridized carbons (Fsp3) is 0.320. The third-order valence-electron chi connectivity index (χ3n) is 5.82. The lowest BCUT2D eigenvalue weighted by molar-refractivity contribution is -0.121. The first kappa shape index (κ1) is 21.7. The highest BCUT2D eigenvalue weighted by molar-refractivity contribution is 6.45. The minimum Gasteiger partial charge on any atom is -0.366 e. The molecule has 0 aromatic heterocycles. The van der Waals surface area contributed by atoms with E-state index in [0.29, 0.717) is 53.1 Å². The number of hydrogen-bond acceptors (Lipinski definition) is 4. The molecule has 0 radical (unpaired) electrons. The number of carbonyl (C=O) groups is 3. The molecule has 0 bridgehead atoms. The Morgan fingerprint density at radius 1 is 0.938 bits per heavy atom. The molecule has 0 aliphatic carbocycles. The molecule has 2 heterocycles. The van der Waals surface area contributed by atoms with Crippen LogP contribution in [0.2, 0.25) is 0 Å². The van der Waals surface area contributed by atoms with Crippen molar-refractivity contribution in [3.63, 3.8) is 0 Å². The molecule has 2 aromatic carbocycles. The molecule has 1 saturated heterocycles. The number of imide groups is 1. The van der Waals surface area contributed by atoms with Crippen molar-refractivity contribution in [2.45, 2.75) is 27.2 Å². The zero-order valence-corrected chi connectivity index (χ0v) is 18.4. The van der Waals surface area contributed by atoms with E-state index in [0.717, 1.165) is 11.3 Å². The number of carbonyl (C=O) groups excluding carboxylic acids is 3. The predicted molar refractivity (Wildman–Crippen MR) is 121 cm³/mol. The molecule has 4 rings (SSSR count). The number of likely N-dealkylation sites (tertiary alicyclic amines) is 1. The zero-order chi connectivity index (χ0) is 23.0. The molecule has 0 spiro atoms. The lowest BCUT2D eigenvalue weighted by atomic mass is 9.91. The molecule has 166 valence electrons. The van der Waals surface area contributed by atoms with Gasteiger partial charge < -0.3 is 10.2 Å². The maximum absolute atomic E-state index is 13.6. The second kappa shape index (κ2) is 8.57. The monoisotopic (exact) mass is 435 g/mol. The molecule has 2 aliphatic heterocycles. The highest BCUT2D eigenvalue weighted by atomic mass is 19.1. The van der Waals surface area contributed by atoms with Crippen molar-refractivity contribution < 1.29 is 18.8 Å². The first-order chi connectivity index (χ1) is 15.2. The summed E-state index contributed by atoms with van der Waals surface area (Å²) in [5, 5.41) is 2.71. The molecular formula is C25H26FN3O3. The fourth-order valence-corrected chi connectivity index (χ4v) is 4.67. The van der Waals surface area contributed by atoms with Gasteiger partial charge in [-0.2, -0.15) is 0 Å². The number of anilines is 2. The Hall–Kier alpha value is -3.48. The summed E-state index contributed by atoms with van der Waals surface area (Å²) in [4.78, 5) is 41.6. The number of benzene rings is 2. The Labute approximate surface area is 186 Å². The summed E-state index contributed by atoms with van der Waals surface area (Å²) in [7, 11) is 0. The van der Waals surface area contributed by atoms with Gasteiger partial charge in [-0.15, -0.1) is 0 Å². The van der Waals surface area contributed by atoms with Crippen LogP contribution in [-0.4, -0.2) is 35.7 Å². The van der Waals surface area contributed by atoms with E-state index in [1.165, 1.54) is 31.2 Å². The number of rotatable bonds is 4. The van der Waals surface area contributed by atoms with Gasteiger partial charge in [0.2, 0.25) is 5.91 Å². The van der Waals surface area contributed by atoms with Crippen LogP contribution in [0, 0.1) is 17.7 Å². The highest BCUT2D eigenvalue weighted by Gasteiger charge is 2.43. The van der Waals surface area contributed by atoms with E-state index in [-0.39, 0.29) is 5.91 Å². The molecule has 1 fully saturated rings. The Morgan fingerprint density at radius 3 is 2.09 bits per heavy atom. The number of nitrogens with one attached hydrogen (secondary N) is 1. The number of amides is 3. The first-order valence-corrected chi connectivity index (χ1v) is 10.8. The van der Waals surface area contributed by atoms with Crippen LogP contribution in [0.3, 0.4) is 0 Å².